The van der Waals surface area contributed by atoms with Crippen molar-refractivity contribution in [2.24, 2.45) is 0 Å². The van der Waals surface area contributed by atoms with Crippen molar-refractivity contribution >= 4 is 29.2 Å². The molecule has 130 valence electrons. The first-order chi connectivity index (χ1) is 12.5. The quantitative estimate of drug-likeness (QED) is 0.499. The van der Waals surface area contributed by atoms with E-state index in [9.17, 15) is 4.79 Å². The number of nitrogens with one attached hydrogen (secondary N) is 1. The van der Waals surface area contributed by atoms with Crippen LogP contribution in [0.1, 0.15) is 5.82 Å². The lowest BCUT2D eigenvalue weighted by molar-refractivity contribution is 0.192. The zero-order chi connectivity index (χ0) is 18.3. The molecule has 26 heavy (non-hydrogen) atoms. The highest BCUT2D eigenvalue weighted by molar-refractivity contribution is 5.77. The molecule has 0 spiro atoms. The molecule has 4 aromatic heterocycles. The summed E-state index contributed by atoms with van der Waals surface area (Å²) in [6.45, 7) is 1.72. The van der Waals surface area contributed by atoms with E-state index in [2.05, 4.69) is 30.4 Å². The molecule has 0 unspecified atom stereocenters. The van der Waals surface area contributed by atoms with Gasteiger partial charge in [-0.25, -0.2) is 14.8 Å². The standard InChI is InChI=1S/C15H13N9O2/c1-8-18-12(22-14(16)19-8)11-13(21-10-4-2-3-5-23(10)11)20-9-6-17-24(7-9)15(25)26/h2-7,20H,1H3,(H,25,26)(H2,16,18,19,22). The number of carbonyl (C=O) groups is 1. The molecular weight excluding hydrogens is 338 g/mol. The third-order valence-corrected chi connectivity index (χ3v) is 3.55. The second-order valence-electron chi connectivity index (χ2n) is 5.38. The summed E-state index contributed by atoms with van der Waals surface area (Å²) in [5.74, 6) is 1.36. The van der Waals surface area contributed by atoms with Crippen molar-refractivity contribution in [1.29, 1.82) is 0 Å². The maximum Gasteiger partial charge on any atom is 0.432 e. The Morgan fingerprint density at radius 3 is 2.81 bits per heavy atom. The Balaban J connectivity index is 1.87. The van der Waals surface area contributed by atoms with Gasteiger partial charge in [-0.1, -0.05) is 6.07 Å². The van der Waals surface area contributed by atoms with Crippen LogP contribution in [0.15, 0.2) is 36.8 Å². The Bertz CT molecular complexity index is 1110. The molecule has 0 saturated heterocycles. The van der Waals surface area contributed by atoms with Crippen LogP contribution in [0.2, 0.25) is 0 Å². The highest BCUT2D eigenvalue weighted by atomic mass is 16.4. The summed E-state index contributed by atoms with van der Waals surface area (Å²) in [7, 11) is 0. The zero-order valence-corrected chi connectivity index (χ0v) is 13.5. The van der Waals surface area contributed by atoms with Crippen LogP contribution < -0.4 is 11.1 Å². The molecular formula is C15H13N9O2. The monoisotopic (exact) mass is 351 g/mol. The van der Waals surface area contributed by atoms with Gasteiger partial charge in [0.05, 0.1) is 18.1 Å². The van der Waals surface area contributed by atoms with E-state index < -0.39 is 6.09 Å². The number of hydrogen-bond donors (Lipinski definition) is 3. The van der Waals surface area contributed by atoms with Crippen molar-refractivity contribution in [3.05, 3.63) is 42.6 Å². The second kappa shape index (κ2) is 5.81. The van der Waals surface area contributed by atoms with E-state index in [1.54, 1.807) is 11.3 Å². The lowest BCUT2D eigenvalue weighted by Gasteiger charge is -2.06. The van der Waals surface area contributed by atoms with Gasteiger partial charge in [0, 0.05) is 6.20 Å². The number of fused-ring (bicyclic) bond motifs is 1. The highest BCUT2D eigenvalue weighted by Gasteiger charge is 2.18. The number of aromatic nitrogens is 7. The number of carboxylic acid groups (broad SMARTS) is 1. The van der Waals surface area contributed by atoms with Crippen molar-refractivity contribution in [3.63, 3.8) is 0 Å². The van der Waals surface area contributed by atoms with Gasteiger partial charge in [-0.05, 0) is 19.1 Å². The van der Waals surface area contributed by atoms with E-state index in [0.29, 0.717) is 34.5 Å². The molecule has 0 atom stereocenters. The summed E-state index contributed by atoms with van der Waals surface area (Å²) in [4.78, 5) is 28.0. The molecule has 0 aliphatic heterocycles. The Labute approximate surface area is 146 Å². The van der Waals surface area contributed by atoms with E-state index >= 15 is 0 Å². The molecule has 0 aliphatic carbocycles. The number of rotatable bonds is 3. The van der Waals surface area contributed by atoms with E-state index in [1.807, 2.05) is 24.4 Å². The van der Waals surface area contributed by atoms with Gasteiger partial charge in [0.15, 0.2) is 11.6 Å². The van der Waals surface area contributed by atoms with E-state index in [-0.39, 0.29) is 5.95 Å². The third-order valence-electron chi connectivity index (χ3n) is 3.55. The Kier molecular flexibility index (Phi) is 3.46. The number of nitrogens with two attached hydrogens (primary N) is 1. The van der Waals surface area contributed by atoms with Gasteiger partial charge in [0.2, 0.25) is 5.95 Å². The van der Waals surface area contributed by atoms with Gasteiger partial charge in [-0.2, -0.15) is 19.7 Å². The minimum atomic E-state index is -1.19. The maximum absolute atomic E-state index is 11.0. The molecule has 0 radical (unpaired) electrons. The lowest BCUT2D eigenvalue weighted by atomic mass is 10.3. The van der Waals surface area contributed by atoms with Crippen molar-refractivity contribution in [2.45, 2.75) is 6.92 Å². The summed E-state index contributed by atoms with van der Waals surface area (Å²) in [5.41, 5.74) is 7.44. The molecule has 11 nitrogen and oxygen atoms in total. The topological polar surface area (TPSA) is 149 Å². The Morgan fingerprint density at radius 2 is 2.08 bits per heavy atom. The van der Waals surface area contributed by atoms with Crippen LogP contribution in [0, 0.1) is 6.92 Å². The van der Waals surface area contributed by atoms with Gasteiger partial charge in [-0.15, -0.1) is 0 Å². The fourth-order valence-electron chi connectivity index (χ4n) is 2.53. The third kappa shape index (κ3) is 2.66. The molecule has 0 aliphatic rings. The average Bonchev–Trinajstić information content (AvgIpc) is 3.18. The van der Waals surface area contributed by atoms with Gasteiger partial charge in [0.25, 0.3) is 0 Å². The number of nitrogen functional groups attached to an aromatic ring is 1. The summed E-state index contributed by atoms with van der Waals surface area (Å²) in [6, 6.07) is 5.53. The summed E-state index contributed by atoms with van der Waals surface area (Å²) in [5, 5.41) is 15.8. The number of nitrogens with zero attached hydrogens (tertiary/aromatic N) is 7. The van der Waals surface area contributed by atoms with Crippen molar-refractivity contribution < 1.29 is 9.90 Å². The molecule has 4 aromatic rings. The van der Waals surface area contributed by atoms with E-state index in [1.165, 1.54) is 12.4 Å². The predicted octanol–water partition coefficient (Wildman–Crippen LogP) is 1.54. The molecule has 0 aromatic carbocycles. The Morgan fingerprint density at radius 1 is 1.23 bits per heavy atom. The number of anilines is 3. The normalized spacial score (nSPS) is 11.0. The number of aryl methyl sites for hydroxylation is 1. The molecule has 4 rings (SSSR count). The summed E-state index contributed by atoms with van der Waals surface area (Å²) < 4.78 is 2.60. The molecule has 4 N–H and O–H groups in total. The molecule has 0 amide bonds. The van der Waals surface area contributed by atoms with Crippen LogP contribution in [-0.2, 0) is 0 Å². The molecule has 0 fully saturated rings. The van der Waals surface area contributed by atoms with Gasteiger partial charge in [0.1, 0.15) is 17.2 Å². The van der Waals surface area contributed by atoms with E-state index in [4.69, 9.17) is 10.8 Å². The second-order valence-corrected chi connectivity index (χ2v) is 5.38. The Hall–Kier alpha value is -4.02. The molecule has 0 saturated carbocycles. The van der Waals surface area contributed by atoms with Crippen LogP contribution in [0.25, 0.3) is 17.2 Å². The summed E-state index contributed by atoms with van der Waals surface area (Å²) >= 11 is 0. The van der Waals surface area contributed by atoms with E-state index in [0.717, 1.165) is 4.68 Å². The van der Waals surface area contributed by atoms with Gasteiger partial charge in [-0.3, -0.25) is 4.40 Å². The number of pyridine rings is 1. The largest absolute Gasteiger partial charge is 0.463 e. The lowest BCUT2D eigenvalue weighted by Crippen LogP contribution is -2.07. The van der Waals surface area contributed by atoms with Crippen LogP contribution in [0.5, 0.6) is 0 Å². The van der Waals surface area contributed by atoms with Crippen molar-refractivity contribution in [2.75, 3.05) is 11.1 Å². The first-order valence-corrected chi connectivity index (χ1v) is 7.52. The first kappa shape index (κ1) is 15.5. The van der Waals surface area contributed by atoms with Crippen molar-refractivity contribution in [1.82, 2.24) is 34.1 Å². The summed E-state index contributed by atoms with van der Waals surface area (Å²) in [6.07, 6.45) is 3.35. The number of imidazole rings is 1. The maximum atomic E-state index is 11.0. The smallest absolute Gasteiger partial charge is 0.432 e. The van der Waals surface area contributed by atoms with Gasteiger partial charge >= 0.3 is 6.09 Å². The van der Waals surface area contributed by atoms with Crippen LogP contribution in [-0.4, -0.2) is 45.3 Å². The first-order valence-electron chi connectivity index (χ1n) is 7.52. The van der Waals surface area contributed by atoms with Crippen LogP contribution in [0.3, 0.4) is 0 Å². The molecule has 4 heterocycles. The average molecular weight is 351 g/mol. The zero-order valence-electron chi connectivity index (χ0n) is 13.5. The number of hydrogen-bond acceptors (Lipinski definition) is 8. The fraction of sp³-hybridized carbons (Fsp3) is 0.0667. The predicted molar refractivity (Wildman–Crippen MR) is 92.1 cm³/mol. The van der Waals surface area contributed by atoms with Crippen molar-refractivity contribution in [3.8, 4) is 11.5 Å². The SMILES string of the molecule is Cc1nc(N)nc(-c2c(Nc3cnn(C(=O)O)c3)nc3ccccn23)n1. The van der Waals surface area contributed by atoms with Crippen LogP contribution in [0.4, 0.5) is 22.2 Å². The fourth-order valence-corrected chi connectivity index (χ4v) is 2.53. The minimum Gasteiger partial charge on any atom is -0.463 e. The van der Waals surface area contributed by atoms with Gasteiger partial charge < -0.3 is 16.2 Å². The van der Waals surface area contributed by atoms with Crippen LogP contribution >= 0.6 is 0 Å². The highest BCUT2D eigenvalue weighted by Crippen LogP contribution is 2.29. The minimum absolute atomic E-state index is 0.100. The molecule has 0 bridgehead atoms. The molecule has 11 heteroatoms.